The Kier molecular flexibility index (Phi) is 8.54. The van der Waals surface area contributed by atoms with Crippen LogP contribution in [0.4, 0.5) is 4.79 Å². The predicted molar refractivity (Wildman–Crippen MR) is 117 cm³/mol. The number of carboxylic acid groups (broad SMARTS) is 2. The van der Waals surface area contributed by atoms with Gasteiger partial charge in [-0.1, -0.05) is 11.2 Å². The van der Waals surface area contributed by atoms with Gasteiger partial charge in [-0.05, 0) is 18.4 Å². The number of ether oxygens (including phenoxy) is 1. The Bertz CT molecular complexity index is 985. The van der Waals surface area contributed by atoms with Crippen molar-refractivity contribution in [3.63, 3.8) is 0 Å². The van der Waals surface area contributed by atoms with Crippen molar-refractivity contribution in [3.05, 3.63) is 23.4 Å². The van der Waals surface area contributed by atoms with Gasteiger partial charge in [-0.15, -0.1) is 11.3 Å². The minimum atomic E-state index is -1.82. The number of hydrogen-bond acceptors (Lipinski definition) is 10. The lowest BCUT2D eigenvalue weighted by atomic mass is 10.0. The van der Waals surface area contributed by atoms with E-state index < -0.39 is 11.9 Å². The summed E-state index contributed by atoms with van der Waals surface area (Å²) >= 11 is 1.58. The molecule has 34 heavy (non-hydrogen) atoms. The molecule has 0 saturated carbocycles. The van der Waals surface area contributed by atoms with Crippen LogP contribution < -0.4 is 0 Å². The molecule has 14 heteroatoms. The molecular weight excluding hydrogens is 470 g/mol. The van der Waals surface area contributed by atoms with Crippen LogP contribution in [0.25, 0.3) is 10.7 Å². The van der Waals surface area contributed by atoms with Gasteiger partial charge in [-0.25, -0.2) is 14.4 Å². The van der Waals surface area contributed by atoms with Crippen LogP contribution in [0.15, 0.2) is 22.0 Å². The number of rotatable bonds is 5. The fraction of sp³-hybridized carbons (Fsp3) is 0.500. The number of hydrogen-bond donors (Lipinski definition) is 2. The zero-order valence-corrected chi connectivity index (χ0v) is 19.3. The highest BCUT2D eigenvalue weighted by atomic mass is 32.1. The molecule has 0 aromatic carbocycles. The number of carbonyl (C=O) groups is 4. The number of aliphatic carboxylic acids is 2. The molecule has 0 aliphatic carbocycles. The van der Waals surface area contributed by atoms with Gasteiger partial charge in [-0.2, -0.15) is 4.98 Å². The van der Waals surface area contributed by atoms with E-state index in [1.807, 2.05) is 22.4 Å². The van der Waals surface area contributed by atoms with Crippen molar-refractivity contribution >= 4 is 35.3 Å². The number of carbonyl (C=O) groups excluding carboxylic acids is 2. The van der Waals surface area contributed by atoms with Gasteiger partial charge in [0, 0.05) is 39.3 Å². The van der Waals surface area contributed by atoms with E-state index in [9.17, 15) is 9.59 Å². The Morgan fingerprint density at radius 2 is 1.76 bits per heavy atom. The van der Waals surface area contributed by atoms with Crippen LogP contribution in [-0.2, 0) is 19.1 Å². The topological polar surface area (TPSA) is 167 Å². The normalized spacial score (nSPS) is 16.3. The first-order valence-electron chi connectivity index (χ1n) is 10.5. The van der Waals surface area contributed by atoms with Crippen molar-refractivity contribution in [1.29, 1.82) is 0 Å². The molecule has 2 N–H and O–H groups in total. The van der Waals surface area contributed by atoms with Gasteiger partial charge in [0.25, 0.3) is 0 Å². The van der Waals surface area contributed by atoms with Crippen molar-refractivity contribution < 1.29 is 38.7 Å². The van der Waals surface area contributed by atoms with E-state index >= 15 is 0 Å². The molecule has 2 saturated heterocycles. The van der Waals surface area contributed by atoms with Crippen molar-refractivity contribution in [2.24, 2.45) is 0 Å². The van der Waals surface area contributed by atoms with E-state index in [1.54, 1.807) is 23.2 Å². The summed E-state index contributed by atoms with van der Waals surface area (Å²) in [7, 11) is 0. The van der Waals surface area contributed by atoms with Crippen molar-refractivity contribution in [2.75, 3.05) is 52.4 Å². The average molecular weight is 496 g/mol. The third-order valence-corrected chi connectivity index (χ3v) is 6.06. The molecule has 2 amide bonds. The average Bonchev–Trinajstić information content (AvgIpc) is 3.48. The second kappa shape index (κ2) is 11.6. The smallest absolute Gasteiger partial charge is 0.414 e. The minimum absolute atomic E-state index is 0.0896. The largest absolute Gasteiger partial charge is 0.473 e. The summed E-state index contributed by atoms with van der Waals surface area (Å²) in [4.78, 5) is 53.4. The molecule has 0 bridgehead atoms. The molecule has 2 aromatic heterocycles. The molecule has 0 radical (unpaired) electrons. The summed E-state index contributed by atoms with van der Waals surface area (Å²) in [5.74, 6) is -2.12. The van der Waals surface area contributed by atoms with Crippen LogP contribution in [0.1, 0.15) is 18.7 Å². The maximum atomic E-state index is 12.5. The maximum Gasteiger partial charge on any atom is 0.414 e. The predicted octanol–water partition coefficient (Wildman–Crippen LogP) is 0.654. The zero-order chi connectivity index (χ0) is 24.7. The minimum Gasteiger partial charge on any atom is -0.473 e. The van der Waals surface area contributed by atoms with Crippen LogP contribution in [0.5, 0.6) is 0 Å². The van der Waals surface area contributed by atoms with Crippen LogP contribution in [-0.4, -0.2) is 111 Å². The Morgan fingerprint density at radius 3 is 2.32 bits per heavy atom. The Morgan fingerprint density at radius 1 is 1.12 bits per heavy atom. The Balaban J connectivity index is 0.000000481. The molecule has 2 fully saturated rings. The number of amides is 2. The Hall–Kier alpha value is -3.52. The molecule has 4 heterocycles. The number of thiophene rings is 1. The second-order valence-corrected chi connectivity index (χ2v) is 8.45. The summed E-state index contributed by atoms with van der Waals surface area (Å²) in [5, 5.41) is 20.8. The molecule has 0 unspecified atom stereocenters. The highest BCUT2D eigenvalue weighted by Crippen LogP contribution is 2.28. The zero-order valence-electron chi connectivity index (χ0n) is 18.5. The number of nitrogens with zero attached hydrogens (tertiary/aromatic N) is 5. The fourth-order valence-corrected chi connectivity index (χ4v) is 4.06. The summed E-state index contributed by atoms with van der Waals surface area (Å²) in [6.07, 6.45) is -0.304. The number of aromatic nitrogens is 2. The quantitative estimate of drug-likeness (QED) is 0.559. The third kappa shape index (κ3) is 6.51. The monoisotopic (exact) mass is 495 g/mol. The van der Waals surface area contributed by atoms with Gasteiger partial charge < -0.3 is 29.3 Å². The summed E-state index contributed by atoms with van der Waals surface area (Å²) in [6, 6.07) is 3.92. The van der Waals surface area contributed by atoms with Gasteiger partial charge in [0.1, 0.15) is 0 Å². The first-order valence-corrected chi connectivity index (χ1v) is 11.4. The highest BCUT2D eigenvalue weighted by molar-refractivity contribution is 7.13. The first-order chi connectivity index (χ1) is 16.3. The maximum absolute atomic E-state index is 12.5. The van der Waals surface area contributed by atoms with Crippen LogP contribution in [0, 0.1) is 0 Å². The molecule has 184 valence electrons. The van der Waals surface area contributed by atoms with E-state index in [0.717, 1.165) is 18.0 Å². The highest BCUT2D eigenvalue weighted by Gasteiger charge is 2.35. The van der Waals surface area contributed by atoms with Crippen LogP contribution >= 0.6 is 11.3 Å². The first kappa shape index (κ1) is 25.1. The van der Waals surface area contributed by atoms with E-state index in [0.29, 0.717) is 51.0 Å². The molecule has 13 nitrogen and oxygen atoms in total. The molecular formula is C20H25N5O8S. The van der Waals surface area contributed by atoms with Gasteiger partial charge in [0.2, 0.25) is 17.6 Å². The third-order valence-electron chi connectivity index (χ3n) is 5.19. The van der Waals surface area contributed by atoms with Crippen LogP contribution in [0.3, 0.4) is 0 Å². The second-order valence-electron chi connectivity index (χ2n) is 7.50. The van der Waals surface area contributed by atoms with Gasteiger partial charge in [-0.3, -0.25) is 9.69 Å². The fourth-order valence-electron chi connectivity index (χ4n) is 3.41. The van der Waals surface area contributed by atoms with Gasteiger partial charge >= 0.3 is 18.0 Å². The lowest BCUT2D eigenvalue weighted by molar-refractivity contribution is -0.159. The SMILES string of the molecule is CCOC(=O)N1CCN(C(=O)CN2CC(c3nc(-c4cccs4)no3)C2)CC1.O=C(O)C(=O)O. The number of likely N-dealkylation sites (tertiary alicyclic amines) is 1. The lowest BCUT2D eigenvalue weighted by Gasteiger charge is -2.39. The van der Waals surface area contributed by atoms with E-state index in [-0.39, 0.29) is 17.9 Å². The van der Waals surface area contributed by atoms with E-state index in [4.69, 9.17) is 29.1 Å². The lowest BCUT2D eigenvalue weighted by Crippen LogP contribution is -2.55. The van der Waals surface area contributed by atoms with Crippen LogP contribution in [0.2, 0.25) is 0 Å². The van der Waals surface area contributed by atoms with Crippen molar-refractivity contribution in [2.45, 2.75) is 12.8 Å². The Labute approximate surface area is 198 Å². The molecule has 2 aromatic rings. The van der Waals surface area contributed by atoms with Gasteiger partial charge in [0.05, 0.1) is 23.9 Å². The molecule has 2 aliphatic rings. The number of carboxylic acids is 2. The molecule has 0 atom stereocenters. The van der Waals surface area contributed by atoms with E-state index in [1.165, 1.54) is 0 Å². The van der Waals surface area contributed by atoms with Gasteiger partial charge in [0.15, 0.2) is 0 Å². The standard InChI is InChI=1S/C18H23N5O4S.C2H2O4/c1-2-26-18(25)23-7-5-22(6-8-23)15(24)12-21-10-13(11-21)17-19-16(20-27-17)14-4-3-9-28-14;3-1(4)2(5)6/h3-4,9,13H,2,5-8,10-12H2,1H3;(H,3,4)(H,5,6). The van der Waals surface area contributed by atoms with E-state index in [2.05, 4.69) is 15.0 Å². The summed E-state index contributed by atoms with van der Waals surface area (Å²) in [5.41, 5.74) is 0. The molecule has 0 spiro atoms. The summed E-state index contributed by atoms with van der Waals surface area (Å²) in [6.45, 7) is 6.12. The number of piperazine rings is 1. The van der Waals surface area contributed by atoms with Crippen molar-refractivity contribution in [1.82, 2.24) is 24.8 Å². The molecule has 2 aliphatic heterocycles. The van der Waals surface area contributed by atoms with Crippen molar-refractivity contribution in [3.8, 4) is 10.7 Å². The summed E-state index contributed by atoms with van der Waals surface area (Å²) < 4.78 is 10.4. The molecule has 4 rings (SSSR count).